The number of ether oxygens (including phenoxy) is 1. The van der Waals surface area contributed by atoms with Crippen molar-refractivity contribution in [2.75, 3.05) is 19.6 Å². The Balaban J connectivity index is 2.46. The van der Waals surface area contributed by atoms with Gasteiger partial charge in [-0.25, -0.2) is 9.97 Å². The fourth-order valence-electron chi connectivity index (χ4n) is 1.73. The van der Waals surface area contributed by atoms with Crippen LogP contribution in [0.1, 0.15) is 5.82 Å². The lowest BCUT2D eigenvalue weighted by molar-refractivity contribution is 0.187. The first-order valence-corrected chi connectivity index (χ1v) is 6.23. The molecule has 2 aromatic heterocycles. The van der Waals surface area contributed by atoms with Gasteiger partial charge in [-0.2, -0.15) is 0 Å². The van der Waals surface area contributed by atoms with Crippen LogP contribution < -0.4 is 0 Å². The van der Waals surface area contributed by atoms with Crippen molar-refractivity contribution in [1.82, 2.24) is 14.5 Å². The molecule has 0 N–H and O–H groups in total. The molecule has 0 atom stereocenters. The highest BCUT2D eigenvalue weighted by atomic mass is 35.5. The summed E-state index contributed by atoms with van der Waals surface area (Å²) in [5, 5.41) is 0.589. The molecule has 4 nitrogen and oxygen atoms in total. The van der Waals surface area contributed by atoms with Crippen LogP contribution in [0.3, 0.4) is 0 Å². The van der Waals surface area contributed by atoms with Crippen molar-refractivity contribution in [3.05, 3.63) is 23.1 Å². The molecule has 0 bridgehead atoms. The van der Waals surface area contributed by atoms with Crippen LogP contribution in [-0.2, 0) is 17.7 Å². The molecule has 0 saturated carbocycles. The van der Waals surface area contributed by atoms with Gasteiger partial charge in [-0.05, 0) is 6.07 Å². The Labute approximate surface area is 110 Å². The van der Waals surface area contributed by atoms with E-state index in [1.807, 2.05) is 10.6 Å². The number of halogens is 2. The molecule has 6 heteroatoms. The first-order chi connectivity index (χ1) is 8.26. The number of methoxy groups -OCH3 is 1. The fourth-order valence-corrected chi connectivity index (χ4v) is 2.05. The topological polar surface area (TPSA) is 39.9 Å². The van der Waals surface area contributed by atoms with Crippen molar-refractivity contribution >= 4 is 34.4 Å². The van der Waals surface area contributed by atoms with E-state index < -0.39 is 0 Å². The smallest absolute Gasteiger partial charge is 0.160 e. The first kappa shape index (κ1) is 12.6. The highest BCUT2D eigenvalue weighted by Gasteiger charge is 2.11. The average molecular weight is 274 g/mol. The van der Waals surface area contributed by atoms with Gasteiger partial charge in [0, 0.05) is 32.2 Å². The molecule has 17 heavy (non-hydrogen) atoms. The Bertz CT molecular complexity index is 513. The normalized spacial score (nSPS) is 11.2. The van der Waals surface area contributed by atoms with E-state index >= 15 is 0 Å². The number of aryl methyl sites for hydroxylation is 1. The number of hydrogen-bond acceptors (Lipinski definition) is 3. The zero-order valence-corrected chi connectivity index (χ0v) is 11.0. The van der Waals surface area contributed by atoms with Crippen molar-refractivity contribution in [2.45, 2.75) is 13.0 Å². The van der Waals surface area contributed by atoms with Crippen LogP contribution in [0.5, 0.6) is 0 Å². The summed E-state index contributed by atoms with van der Waals surface area (Å²) >= 11 is 11.7. The van der Waals surface area contributed by atoms with Crippen molar-refractivity contribution in [3.8, 4) is 0 Å². The third-order valence-corrected chi connectivity index (χ3v) is 2.86. The molecule has 2 rings (SSSR count). The lowest BCUT2D eigenvalue weighted by Crippen LogP contribution is -2.09. The van der Waals surface area contributed by atoms with Gasteiger partial charge in [0.2, 0.25) is 0 Å². The minimum atomic E-state index is 0.532. The Kier molecular flexibility index (Phi) is 4.20. The van der Waals surface area contributed by atoms with E-state index in [1.54, 1.807) is 13.3 Å². The molecule has 2 heterocycles. The minimum absolute atomic E-state index is 0.532. The third-order valence-electron chi connectivity index (χ3n) is 2.47. The highest BCUT2D eigenvalue weighted by molar-refractivity contribution is 6.31. The van der Waals surface area contributed by atoms with E-state index in [9.17, 15) is 0 Å². The molecule has 0 aliphatic rings. The van der Waals surface area contributed by atoms with Gasteiger partial charge in [0.15, 0.2) is 5.65 Å². The van der Waals surface area contributed by atoms with Gasteiger partial charge in [-0.15, -0.1) is 11.6 Å². The maximum atomic E-state index is 5.90. The van der Waals surface area contributed by atoms with Crippen molar-refractivity contribution < 1.29 is 4.74 Å². The molecular formula is C11H13Cl2N3O. The number of hydrogen-bond donors (Lipinski definition) is 0. The van der Waals surface area contributed by atoms with E-state index in [0.717, 1.165) is 17.0 Å². The zero-order chi connectivity index (χ0) is 12.3. The van der Waals surface area contributed by atoms with Crippen LogP contribution >= 0.6 is 23.2 Å². The van der Waals surface area contributed by atoms with E-state index in [1.165, 1.54) is 0 Å². The second-order valence-corrected chi connectivity index (χ2v) is 4.42. The summed E-state index contributed by atoms with van der Waals surface area (Å²) in [5.74, 6) is 1.45. The summed E-state index contributed by atoms with van der Waals surface area (Å²) in [6, 6.07) is 1.81. The lowest BCUT2D eigenvalue weighted by atomic mass is 10.4. The average Bonchev–Trinajstić information content (AvgIpc) is 2.63. The van der Waals surface area contributed by atoms with Crippen molar-refractivity contribution in [2.24, 2.45) is 0 Å². The number of nitrogens with zero attached hydrogens (tertiary/aromatic N) is 3. The van der Waals surface area contributed by atoms with Gasteiger partial charge in [-0.1, -0.05) is 11.6 Å². The quantitative estimate of drug-likeness (QED) is 0.786. The van der Waals surface area contributed by atoms with Gasteiger partial charge in [0.1, 0.15) is 11.3 Å². The number of rotatable bonds is 5. The van der Waals surface area contributed by atoms with Gasteiger partial charge in [-0.3, -0.25) is 0 Å². The van der Waals surface area contributed by atoms with Gasteiger partial charge in [0.25, 0.3) is 0 Å². The molecule has 0 fully saturated rings. The second kappa shape index (κ2) is 5.67. The zero-order valence-electron chi connectivity index (χ0n) is 9.49. The second-order valence-electron chi connectivity index (χ2n) is 3.61. The SMILES string of the molecule is COCCn1c(CCCl)nc2cc(Cl)cnc21. The van der Waals surface area contributed by atoms with Gasteiger partial charge >= 0.3 is 0 Å². The molecule has 2 aromatic rings. The molecule has 92 valence electrons. The Morgan fingerprint density at radius 2 is 2.29 bits per heavy atom. The molecule has 0 aliphatic carbocycles. The Morgan fingerprint density at radius 1 is 1.47 bits per heavy atom. The first-order valence-electron chi connectivity index (χ1n) is 5.32. The minimum Gasteiger partial charge on any atom is -0.383 e. The Morgan fingerprint density at radius 3 is 3.00 bits per heavy atom. The van der Waals surface area contributed by atoms with Crippen molar-refractivity contribution in [1.29, 1.82) is 0 Å². The number of alkyl halides is 1. The summed E-state index contributed by atoms with van der Waals surface area (Å²) in [6.07, 6.45) is 2.33. The molecule has 0 aliphatic heterocycles. The van der Waals surface area contributed by atoms with Crippen molar-refractivity contribution in [3.63, 3.8) is 0 Å². The molecule has 0 aromatic carbocycles. The maximum Gasteiger partial charge on any atom is 0.160 e. The van der Waals surface area contributed by atoms with Crippen LogP contribution in [0.15, 0.2) is 12.3 Å². The number of aromatic nitrogens is 3. The predicted molar refractivity (Wildman–Crippen MR) is 68.8 cm³/mol. The number of pyridine rings is 1. The summed E-state index contributed by atoms with van der Waals surface area (Å²) in [7, 11) is 1.67. The molecular weight excluding hydrogens is 261 g/mol. The van der Waals surface area contributed by atoms with Crippen LogP contribution in [-0.4, -0.2) is 34.1 Å². The van der Waals surface area contributed by atoms with E-state index in [2.05, 4.69) is 9.97 Å². The summed E-state index contributed by atoms with van der Waals surface area (Å²) in [5.41, 5.74) is 1.63. The monoisotopic (exact) mass is 273 g/mol. The van der Waals surface area contributed by atoms with Gasteiger partial charge in [0.05, 0.1) is 11.6 Å². The lowest BCUT2D eigenvalue weighted by Gasteiger charge is -2.06. The molecule has 0 amide bonds. The molecule has 0 unspecified atom stereocenters. The highest BCUT2D eigenvalue weighted by Crippen LogP contribution is 2.18. The largest absolute Gasteiger partial charge is 0.383 e. The summed E-state index contributed by atoms with van der Waals surface area (Å²) < 4.78 is 7.11. The van der Waals surface area contributed by atoms with E-state index in [-0.39, 0.29) is 0 Å². The van der Waals surface area contributed by atoms with E-state index in [0.29, 0.717) is 30.5 Å². The van der Waals surface area contributed by atoms with Crippen LogP contribution in [0.2, 0.25) is 5.02 Å². The Hall–Kier alpha value is -0.840. The molecule has 0 spiro atoms. The summed E-state index contributed by atoms with van der Waals surface area (Å²) in [4.78, 5) is 8.80. The third kappa shape index (κ3) is 2.70. The maximum absolute atomic E-state index is 5.90. The van der Waals surface area contributed by atoms with Crippen LogP contribution in [0.25, 0.3) is 11.2 Å². The van der Waals surface area contributed by atoms with E-state index in [4.69, 9.17) is 27.9 Å². The van der Waals surface area contributed by atoms with Crippen LogP contribution in [0.4, 0.5) is 0 Å². The van der Waals surface area contributed by atoms with Crippen LogP contribution in [0, 0.1) is 0 Å². The molecule has 0 saturated heterocycles. The number of fused-ring (bicyclic) bond motifs is 1. The summed E-state index contributed by atoms with van der Waals surface area (Å²) in [6.45, 7) is 1.33. The standard InChI is InChI=1S/C11H13Cl2N3O/c1-17-5-4-16-10(2-3-12)15-9-6-8(13)7-14-11(9)16/h6-7H,2-5H2,1H3. The molecule has 0 radical (unpaired) electrons. The fraction of sp³-hybridized carbons (Fsp3) is 0.455. The number of imidazole rings is 1. The predicted octanol–water partition coefficient (Wildman–Crippen LogP) is 2.51. The van der Waals surface area contributed by atoms with Gasteiger partial charge < -0.3 is 9.30 Å².